The highest BCUT2D eigenvalue weighted by Gasteiger charge is 2.20. The van der Waals surface area contributed by atoms with Crippen molar-refractivity contribution in [3.8, 4) is 11.5 Å². The summed E-state index contributed by atoms with van der Waals surface area (Å²) in [4.78, 5) is 1.11. The Kier molecular flexibility index (Phi) is 3.94. The first kappa shape index (κ1) is 13.5. The first-order valence-corrected chi connectivity index (χ1v) is 7.72. The van der Waals surface area contributed by atoms with Gasteiger partial charge in [-0.3, -0.25) is 0 Å². The Morgan fingerprint density at radius 3 is 2.85 bits per heavy atom. The summed E-state index contributed by atoms with van der Waals surface area (Å²) in [6, 6.07) is 14.2. The maximum atomic E-state index is 5.96. The second-order valence-corrected chi connectivity index (χ2v) is 6.05. The van der Waals surface area contributed by atoms with E-state index in [0.29, 0.717) is 11.0 Å². The molecule has 0 amide bonds. The molecule has 1 aliphatic rings. The third-order valence-electron chi connectivity index (χ3n) is 3.11. The van der Waals surface area contributed by atoms with Gasteiger partial charge in [-0.2, -0.15) is 0 Å². The Labute approximate surface area is 128 Å². The molecule has 0 fully saturated rings. The third kappa shape index (κ3) is 2.67. The quantitative estimate of drug-likeness (QED) is 0.500. The summed E-state index contributed by atoms with van der Waals surface area (Å²) in [5.74, 6) is 1.85. The molecular formula is C16H14O2S2. The molecule has 0 saturated heterocycles. The van der Waals surface area contributed by atoms with Gasteiger partial charge in [-0.15, -0.1) is 0 Å². The number of thiocarbonyl (C=S) groups is 1. The third-order valence-corrected chi connectivity index (χ3v) is 4.36. The van der Waals surface area contributed by atoms with Crippen LogP contribution in [-0.4, -0.2) is 11.0 Å². The molecule has 0 atom stereocenters. The van der Waals surface area contributed by atoms with E-state index in [1.807, 2.05) is 37.3 Å². The van der Waals surface area contributed by atoms with Crippen LogP contribution in [0.1, 0.15) is 18.1 Å². The number of ether oxygens (including phenoxy) is 2. The molecule has 3 rings (SSSR count). The zero-order valence-electron chi connectivity index (χ0n) is 11.1. The summed E-state index contributed by atoms with van der Waals surface area (Å²) in [6.07, 6.45) is 0.865. The topological polar surface area (TPSA) is 18.5 Å². The summed E-state index contributed by atoms with van der Waals surface area (Å²) in [7, 11) is 0. The number of rotatable bonds is 2. The van der Waals surface area contributed by atoms with Gasteiger partial charge in [-0.05, 0) is 54.7 Å². The molecule has 0 spiro atoms. The number of fused-ring (bicyclic) bond motifs is 2. The average molecular weight is 302 g/mol. The molecule has 1 heterocycles. The van der Waals surface area contributed by atoms with E-state index in [0.717, 1.165) is 22.8 Å². The van der Waals surface area contributed by atoms with Gasteiger partial charge in [0, 0.05) is 16.9 Å². The van der Waals surface area contributed by atoms with Crippen LogP contribution >= 0.6 is 24.0 Å². The number of para-hydroxylation sites is 1. The predicted octanol–water partition coefficient (Wildman–Crippen LogP) is 4.80. The molecule has 20 heavy (non-hydrogen) atoms. The molecule has 0 unspecified atom stereocenters. The fourth-order valence-electron chi connectivity index (χ4n) is 2.21. The normalized spacial score (nSPS) is 12.1. The van der Waals surface area contributed by atoms with Crippen molar-refractivity contribution in [3.05, 3.63) is 53.6 Å². The zero-order valence-corrected chi connectivity index (χ0v) is 12.7. The van der Waals surface area contributed by atoms with Crippen LogP contribution in [0.2, 0.25) is 0 Å². The van der Waals surface area contributed by atoms with Crippen LogP contribution in [0.15, 0.2) is 47.4 Å². The van der Waals surface area contributed by atoms with Gasteiger partial charge in [0.2, 0.25) is 4.38 Å². The van der Waals surface area contributed by atoms with E-state index in [4.69, 9.17) is 21.7 Å². The molecular weight excluding hydrogens is 288 g/mol. The largest absolute Gasteiger partial charge is 0.479 e. The monoisotopic (exact) mass is 302 g/mol. The van der Waals surface area contributed by atoms with Gasteiger partial charge in [0.05, 0.1) is 6.61 Å². The minimum Gasteiger partial charge on any atom is -0.479 e. The van der Waals surface area contributed by atoms with Gasteiger partial charge in [0.25, 0.3) is 0 Å². The van der Waals surface area contributed by atoms with Gasteiger partial charge < -0.3 is 9.47 Å². The van der Waals surface area contributed by atoms with Crippen molar-refractivity contribution < 1.29 is 9.47 Å². The van der Waals surface area contributed by atoms with Gasteiger partial charge in [0.15, 0.2) is 0 Å². The van der Waals surface area contributed by atoms with Crippen molar-refractivity contribution in [1.29, 1.82) is 0 Å². The van der Waals surface area contributed by atoms with Crippen LogP contribution in [0.4, 0.5) is 0 Å². The van der Waals surface area contributed by atoms with Crippen LogP contribution in [0, 0.1) is 0 Å². The number of hydrogen-bond acceptors (Lipinski definition) is 4. The first-order valence-electron chi connectivity index (χ1n) is 6.50. The van der Waals surface area contributed by atoms with E-state index in [2.05, 4.69) is 12.1 Å². The zero-order chi connectivity index (χ0) is 13.9. The van der Waals surface area contributed by atoms with Crippen LogP contribution in [-0.2, 0) is 11.2 Å². The summed E-state index contributed by atoms with van der Waals surface area (Å²) in [5.41, 5.74) is 2.38. The van der Waals surface area contributed by atoms with E-state index < -0.39 is 0 Å². The second kappa shape index (κ2) is 5.85. The fraction of sp³-hybridized carbons (Fsp3) is 0.188. The highest BCUT2D eigenvalue weighted by molar-refractivity contribution is 8.22. The number of hydrogen-bond donors (Lipinski definition) is 0. The van der Waals surface area contributed by atoms with E-state index in [9.17, 15) is 0 Å². The Bertz CT molecular complexity index is 653. The maximum absolute atomic E-state index is 5.96. The lowest BCUT2D eigenvalue weighted by Gasteiger charge is -2.22. The van der Waals surface area contributed by atoms with Crippen molar-refractivity contribution in [2.45, 2.75) is 18.2 Å². The van der Waals surface area contributed by atoms with Gasteiger partial charge in [-0.1, -0.05) is 24.3 Å². The van der Waals surface area contributed by atoms with E-state index >= 15 is 0 Å². The fourth-order valence-corrected chi connectivity index (χ4v) is 3.39. The van der Waals surface area contributed by atoms with Crippen LogP contribution in [0.5, 0.6) is 11.5 Å². The average Bonchev–Trinajstić information content (AvgIpc) is 2.46. The highest BCUT2D eigenvalue weighted by Crippen LogP contribution is 2.41. The molecule has 0 radical (unpaired) electrons. The lowest BCUT2D eigenvalue weighted by atomic mass is 10.0. The first-order chi connectivity index (χ1) is 9.78. The standard InChI is InChI=1S/C16H14O2S2/c1-2-17-16(19)20-15-9-5-8-14-12(15)10-11-6-3-4-7-13(11)18-14/h3-9H,2,10H2,1H3. The minimum absolute atomic E-state index is 0.555. The second-order valence-electron chi connectivity index (χ2n) is 4.40. The SMILES string of the molecule is CCOC(=S)Sc1cccc2c1Cc1ccccc1O2. The molecule has 0 saturated carbocycles. The molecule has 102 valence electrons. The smallest absolute Gasteiger partial charge is 0.224 e. The molecule has 0 aliphatic carbocycles. The van der Waals surface area contributed by atoms with Gasteiger partial charge >= 0.3 is 0 Å². The van der Waals surface area contributed by atoms with Crippen LogP contribution < -0.4 is 4.74 Å². The van der Waals surface area contributed by atoms with Crippen LogP contribution in [0.25, 0.3) is 0 Å². The maximum Gasteiger partial charge on any atom is 0.224 e. The number of benzene rings is 2. The van der Waals surface area contributed by atoms with Gasteiger partial charge in [0.1, 0.15) is 11.5 Å². The van der Waals surface area contributed by atoms with E-state index in [-0.39, 0.29) is 0 Å². The molecule has 1 aliphatic heterocycles. The Balaban J connectivity index is 1.92. The summed E-state index contributed by atoms with van der Waals surface area (Å²) >= 11 is 6.70. The van der Waals surface area contributed by atoms with Crippen molar-refractivity contribution >= 4 is 28.4 Å². The van der Waals surface area contributed by atoms with Gasteiger partial charge in [-0.25, -0.2) is 0 Å². The van der Waals surface area contributed by atoms with Crippen molar-refractivity contribution in [2.24, 2.45) is 0 Å². The van der Waals surface area contributed by atoms with Crippen molar-refractivity contribution in [1.82, 2.24) is 0 Å². The lowest BCUT2D eigenvalue weighted by Crippen LogP contribution is -2.05. The molecule has 0 bridgehead atoms. The molecule has 2 aromatic rings. The molecule has 2 aromatic carbocycles. The van der Waals surface area contributed by atoms with E-state index in [1.165, 1.54) is 22.9 Å². The molecule has 0 aromatic heterocycles. The van der Waals surface area contributed by atoms with Crippen molar-refractivity contribution in [2.75, 3.05) is 6.61 Å². The molecule has 0 N–H and O–H groups in total. The summed E-state index contributed by atoms with van der Waals surface area (Å²) in [6.45, 7) is 2.53. The van der Waals surface area contributed by atoms with E-state index in [1.54, 1.807) is 0 Å². The Morgan fingerprint density at radius 2 is 2.00 bits per heavy atom. The molecule has 4 heteroatoms. The summed E-state index contributed by atoms with van der Waals surface area (Å²) in [5, 5.41) is 0. The minimum atomic E-state index is 0.555. The van der Waals surface area contributed by atoms with Crippen molar-refractivity contribution in [3.63, 3.8) is 0 Å². The highest BCUT2D eigenvalue weighted by atomic mass is 32.2. The Morgan fingerprint density at radius 1 is 1.20 bits per heavy atom. The predicted molar refractivity (Wildman–Crippen MR) is 85.8 cm³/mol. The number of thioether (sulfide) groups is 1. The summed E-state index contributed by atoms with van der Waals surface area (Å²) < 4.78 is 11.9. The Hall–Kier alpha value is -1.52. The lowest BCUT2D eigenvalue weighted by molar-refractivity contribution is 0.346. The van der Waals surface area contributed by atoms with Crippen LogP contribution in [0.3, 0.4) is 0 Å². The molecule has 2 nitrogen and oxygen atoms in total.